The number of ether oxygens (including phenoxy) is 2. The molecule has 0 aliphatic rings. The first-order valence-electron chi connectivity index (χ1n) is 10.8. The number of halogens is 1. The number of hydrogen-bond acceptors (Lipinski definition) is 4. The molecule has 0 spiro atoms. The highest BCUT2D eigenvalue weighted by molar-refractivity contribution is 14.0. The quantitative estimate of drug-likeness (QED) is 0.196. The fourth-order valence-electron chi connectivity index (χ4n) is 3.27. The molecule has 8 heteroatoms. The Hall–Kier alpha value is -1.81. The van der Waals surface area contributed by atoms with Gasteiger partial charge in [0.2, 0.25) is 0 Å². The van der Waals surface area contributed by atoms with Crippen LogP contribution in [-0.4, -0.2) is 48.7 Å². The minimum Gasteiger partial charge on any atom is -0.491 e. The SMILES string of the molecule is CCNC(=NCc1ccc(C)cc1OCCOCC)NCCc1c(C)nn(C)c1C.I. The van der Waals surface area contributed by atoms with Crippen LogP contribution in [0.2, 0.25) is 0 Å². The van der Waals surface area contributed by atoms with E-state index in [0.717, 1.165) is 42.5 Å². The molecule has 7 nitrogen and oxygen atoms in total. The highest BCUT2D eigenvalue weighted by Gasteiger charge is 2.09. The average Bonchev–Trinajstić information content (AvgIpc) is 2.96. The molecular formula is C23H38IN5O2. The van der Waals surface area contributed by atoms with E-state index in [1.807, 2.05) is 18.7 Å². The molecule has 0 atom stereocenters. The van der Waals surface area contributed by atoms with Crippen LogP contribution < -0.4 is 15.4 Å². The summed E-state index contributed by atoms with van der Waals surface area (Å²) in [7, 11) is 1.99. The van der Waals surface area contributed by atoms with Crippen LogP contribution in [0.4, 0.5) is 0 Å². The number of benzene rings is 1. The van der Waals surface area contributed by atoms with E-state index in [4.69, 9.17) is 14.5 Å². The van der Waals surface area contributed by atoms with Gasteiger partial charge >= 0.3 is 0 Å². The Morgan fingerprint density at radius 3 is 2.55 bits per heavy atom. The van der Waals surface area contributed by atoms with E-state index in [1.165, 1.54) is 16.8 Å². The third-order valence-electron chi connectivity index (χ3n) is 4.99. The number of hydrogen-bond donors (Lipinski definition) is 2. The van der Waals surface area contributed by atoms with Crippen molar-refractivity contribution < 1.29 is 9.47 Å². The van der Waals surface area contributed by atoms with Crippen LogP contribution in [0.1, 0.15) is 41.9 Å². The van der Waals surface area contributed by atoms with Gasteiger partial charge in [0, 0.05) is 38.0 Å². The molecule has 2 aromatic rings. The van der Waals surface area contributed by atoms with Crippen molar-refractivity contribution in [3.63, 3.8) is 0 Å². The lowest BCUT2D eigenvalue weighted by atomic mass is 10.1. The zero-order valence-corrected chi connectivity index (χ0v) is 22.1. The minimum absolute atomic E-state index is 0. The standard InChI is InChI=1S/C23H37N5O2.HI/c1-7-24-23(25-12-11-21-18(4)27-28(6)19(21)5)26-16-20-10-9-17(3)15-22(20)30-14-13-29-8-2;/h9-10,15H,7-8,11-14,16H2,1-6H3,(H2,24,25,26);1H. The van der Waals surface area contributed by atoms with Gasteiger partial charge in [-0.2, -0.15) is 5.10 Å². The summed E-state index contributed by atoms with van der Waals surface area (Å²) in [6.07, 6.45) is 0.909. The molecule has 0 saturated carbocycles. The monoisotopic (exact) mass is 543 g/mol. The van der Waals surface area contributed by atoms with Gasteiger partial charge in [0.25, 0.3) is 0 Å². The van der Waals surface area contributed by atoms with Crippen molar-refractivity contribution in [3.05, 3.63) is 46.3 Å². The second kappa shape index (κ2) is 14.3. The van der Waals surface area contributed by atoms with E-state index in [0.29, 0.717) is 26.4 Å². The van der Waals surface area contributed by atoms with Gasteiger partial charge in [0.15, 0.2) is 5.96 Å². The maximum atomic E-state index is 5.94. The van der Waals surface area contributed by atoms with Crippen molar-refractivity contribution in [2.75, 3.05) is 32.9 Å². The van der Waals surface area contributed by atoms with Crippen LogP contribution in [0.5, 0.6) is 5.75 Å². The normalized spacial score (nSPS) is 11.2. The smallest absolute Gasteiger partial charge is 0.191 e. The maximum absolute atomic E-state index is 5.94. The van der Waals surface area contributed by atoms with E-state index in [1.54, 1.807) is 0 Å². The molecule has 0 bridgehead atoms. The summed E-state index contributed by atoms with van der Waals surface area (Å²) in [4.78, 5) is 4.76. The van der Waals surface area contributed by atoms with Gasteiger partial charge in [0.1, 0.15) is 12.4 Å². The number of rotatable bonds is 11. The summed E-state index contributed by atoms with van der Waals surface area (Å²) in [5.74, 6) is 1.67. The topological polar surface area (TPSA) is 72.7 Å². The fourth-order valence-corrected chi connectivity index (χ4v) is 3.27. The first-order valence-corrected chi connectivity index (χ1v) is 10.8. The lowest BCUT2D eigenvalue weighted by molar-refractivity contribution is 0.110. The molecule has 0 aliphatic carbocycles. The molecular weight excluding hydrogens is 505 g/mol. The molecule has 0 radical (unpaired) electrons. The average molecular weight is 543 g/mol. The molecule has 1 heterocycles. The Balaban J connectivity index is 0.00000480. The summed E-state index contributed by atoms with van der Waals surface area (Å²) in [5.41, 5.74) is 5.83. The van der Waals surface area contributed by atoms with Gasteiger partial charge in [0.05, 0.1) is 18.8 Å². The zero-order chi connectivity index (χ0) is 21.9. The molecule has 174 valence electrons. The molecule has 0 amide bonds. The van der Waals surface area contributed by atoms with E-state index >= 15 is 0 Å². The number of aliphatic imine (C=N–C) groups is 1. The van der Waals surface area contributed by atoms with Crippen LogP contribution >= 0.6 is 24.0 Å². The maximum Gasteiger partial charge on any atom is 0.191 e. The molecule has 0 aliphatic heterocycles. The zero-order valence-electron chi connectivity index (χ0n) is 19.7. The van der Waals surface area contributed by atoms with E-state index in [9.17, 15) is 0 Å². The molecule has 0 saturated heterocycles. The predicted molar refractivity (Wildman–Crippen MR) is 138 cm³/mol. The van der Waals surface area contributed by atoms with Crippen molar-refractivity contribution >= 4 is 29.9 Å². The van der Waals surface area contributed by atoms with Crippen LogP contribution in [0.15, 0.2) is 23.2 Å². The van der Waals surface area contributed by atoms with Crippen LogP contribution in [0.25, 0.3) is 0 Å². The second-order valence-corrected chi connectivity index (χ2v) is 7.30. The van der Waals surface area contributed by atoms with E-state index in [-0.39, 0.29) is 24.0 Å². The van der Waals surface area contributed by atoms with Crippen LogP contribution in [0, 0.1) is 20.8 Å². The number of aryl methyl sites for hydroxylation is 3. The van der Waals surface area contributed by atoms with Gasteiger partial charge in [-0.3, -0.25) is 4.68 Å². The van der Waals surface area contributed by atoms with Crippen molar-refractivity contribution in [1.82, 2.24) is 20.4 Å². The Kier molecular flexibility index (Phi) is 12.5. The Labute approximate surface area is 204 Å². The minimum atomic E-state index is 0. The first-order chi connectivity index (χ1) is 14.5. The molecule has 0 fully saturated rings. The number of nitrogens with one attached hydrogen (secondary N) is 2. The van der Waals surface area contributed by atoms with Gasteiger partial charge in [-0.05, 0) is 58.2 Å². The predicted octanol–water partition coefficient (Wildman–Crippen LogP) is 3.68. The third-order valence-corrected chi connectivity index (χ3v) is 4.99. The fraction of sp³-hybridized carbons (Fsp3) is 0.565. The van der Waals surface area contributed by atoms with Gasteiger partial charge in [-0.1, -0.05) is 12.1 Å². The summed E-state index contributed by atoms with van der Waals surface area (Å²) in [6.45, 7) is 14.3. The van der Waals surface area contributed by atoms with Crippen LogP contribution in [0.3, 0.4) is 0 Å². The van der Waals surface area contributed by atoms with E-state index < -0.39 is 0 Å². The molecule has 0 unspecified atom stereocenters. The highest BCUT2D eigenvalue weighted by atomic mass is 127. The van der Waals surface area contributed by atoms with Crippen molar-refractivity contribution in [1.29, 1.82) is 0 Å². The Morgan fingerprint density at radius 2 is 1.90 bits per heavy atom. The molecule has 2 rings (SSSR count). The Bertz CT molecular complexity index is 836. The summed E-state index contributed by atoms with van der Waals surface area (Å²) in [5, 5.41) is 11.3. The van der Waals surface area contributed by atoms with E-state index in [2.05, 4.69) is 61.6 Å². The summed E-state index contributed by atoms with van der Waals surface area (Å²) in [6, 6.07) is 6.24. The van der Waals surface area contributed by atoms with Crippen molar-refractivity contribution in [2.24, 2.45) is 12.0 Å². The third kappa shape index (κ3) is 8.68. The summed E-state index contributed by atoms with van der Waals surface area (Å²) >= 11 is 0. The van der Waals surface area contributed by atoms with Crippen molar-refractivity contribution in [2.45, 2.75) is 47.6 Å². The first kappa shape index (κ1) is 27.2. The number of nitrogens with zero attached hydrogens (tertiary/aromatic N) is 3. The second-order valence-electron chi connectivity index (χ2n) is 7.30. The van der Waals surface area contributed by atoms with Crippen LogP contribution in [-0.2, 0) is 24.8 Å². The molecule has 1 aromatic carbocycles. The number of aromatic nitrogens is 2. The van der Waals surface area contributed by atoms with Gasteiger partial charge < -0.3 is 20.1 Å². The van der Waals surface area contributed by atoms with Gasteiger partial charge in [-0.15, -0.1) is 24.0 Å². The molecule has 1 aromatic heterocycles. The van der Waals surface area contributed by atoms with Gasteiger partial charge in [-0.25, -0.2) is 4.99 Å². The lowest BCUT2D eigenvalue weighted by Gasteiger charge is -2.14. The molecule has 2 N–H and O–H groups in total. The number of guanidine groups is 1. The largest absolute Gasteiger partial charge is 0.491 e. The summed E-state index contributed by atoms with van der Waals surface area (Å²) < 4.78 is 13.3. The van der Waals surface area contributed by atoms with Crippen molar-refractivity contribution in [3.8, 4) is 5.75 Å². The lowest BCUT2D eigenvalue weighted by Crippen LogP contribution is -2.38. The Morgan fingerprint density at radius 1 is 1.13 bits per heavy atom. The molecule has 31 heavy (non-hydrogen) atoms. The highest BCUT2D eigenvalue weighted by Crippen LogP contribution is 2.21.